The van der Waals surface area contributed by atoms with Crippen molar-refractivity contribution in [3.05, 3.63) is 170 Å². The van der Waals surface area contributed by atoms with Gasteiger partial charge in [0.15, 0.2) is 6.10 Å². The Hall–Kier alpha value is -4.63. The summed E-state index contributed by atoms with van der Waals surface area (Å²) in [5.41, 5.74) is 0. The Labute approximate surface area is 502 Å². The van der Waals surface area contributed by atoms with E-state index < -0.39 is 32.5 Å². The number of carbonyl (C=O) groups is 2. The first-order chi connectivity index (χ1) is 40.0. The Morgan fingerprint density at radius 3 is 1.02 bits per heavy atom. The van der Waals surface area contributed by atoms with Crippen LogP contribution in [0.4, 0.5) is 0 Å². The summed E-state index contributed by atoms with van der Waals surface area (Å²) < 4.78 is 34.1. The number of ether oxygens (including phenoxy) is 2. The average molecular weight is 1150 g/mol. The van der Waals surface area contributed by atoms with E-state index in [2.05, 4.69) is 172 Å². The first-order valence-corrected chi connectivity index (χ1v) is 33.3. The maximum atomic E-state index is 12.8. The van der Waals surface area contributed by atoms with Crippen molar-refractivity contribution in [1.29, 1.82) is 0 Å². The maximum absolute atomic E-state index is 12.8. The summed E-state index contributed by atoms with van der Waals surface area (Å²) in [5, 5.41) is 0. The van der Waals surface area contributed by atoms with E-state index >= 15 is 0 Å². The Morgan fingerprint density at radius 1 is 0.378 bits per heavy atom. The molecule has 0 radical (unpaired) electrons. The number of esters is 2. The SMILES string of the molecule is CC/C=C\C/C=C\C/C=C\C/C=C\C/C=C\C/C=C\C/C=C\C/C=C\CCCCCCCCCCCCCCCCC(=O)OC(COC(=O)CC/C=C\C/C=C\C/C=C\C/C=C\C/C=C\C/C=C\CC)COP(=O)([O-])OCC[N+](C)(C)C. The van der Waals surface area contributed by atoms with Crippen LogP contribution in [0.3, 0.4) is 0 Å². The molecular weight excluding hydrogens is 1040 g/mol. The predicted molar refractivity (Wildman–Crippen MR) is 350 cm³/mol. The lowest BCUT2D eigenvalue weighted by Crippen LogP contribution is -2.37. The highest BCUT2D eigenvalue weighted by Crippen LogP contribution is 2.38. The number of allylic oxidation sites excluding steroid dienone is 28. The number of hydrogen-bond donors (Lipinski definition) is 0. The fourth-order valence-electron chi connectivity index (χ4n) is 7.93. The van der Waals surface area contributed by atoms with E-state index in [0.717, 1.165) is 109 Å². The minimum Gasteiger partial charge on any atom is -0.756 e. The van der Waals surface area contributed by atoms with Gasteiger partial charge in [-0.3, -0.25) is 14.2 Å². The number of likely N-dealkylation sites (N-methyl/N-ethyl adjacent to an activating group) is 1. The third-order valence-corrected chi connectivity index (χ3v) is 13.7. The van der Waals surface area contributed by atoms with Crippen molar-refractivity contribution < 1.29 is 42.1 Å². The molecule has 462 valence electrons. The number of quaternary nitrogens is 1. The molecule has 0 amide bonds. The Bertz CT molecular complexity index is 1990. The van der Waals surface area contributed by atoms with Crippen LogP contribution in [-0.2, 0) is 32.7 Å². The van der Waals surface area contributed by atoms with E-state index in [-0.39, 0.29) is 26.1 Å². The Balaban J connectivity index is 4.14. The van der Waals surface area contributed by atoms with Crippen molar-refractivity contribution in [2.45, 2.75) is 225 Å². The van der Waals surface area contributed by atoms with E-state index in [1.165, 1.54) is 70.6 Å². The fourth-order valence-corrected chi connectivity index (χ4v) is 8.66. The monoisotopic (exact) mass is 1150 g/mol. The lowest BCUT2D eigenvalue weighted by Gasteiger charge is -2.28. The van der Waals surface area contributed by atoms with Gasteiger partial charge >= 0.3 is 11.9 Å². The van der Waals surface area contributed by atoms with Crippen LogP contribution in [0, 0.1) is 0 Å². The van der Waals surface area contributed by atoms with Crippen molar-refractivity contribution in [3.63, 3.8) is 0 Å². The number of carbonyl (C=O) groups excluding carboxylic acids is 2. The minimum absolute atomic E-state index is 0.0505. The van der Waals surface area contributed by atoms with Crippen molar-refractivity contribution in [2.24, 2.45) is 0 Å². The normalized spacial score (nSPS) is 14.4. The molecule has 0 aromatic rings. The zero-order chi connectivity index (χ0) is 59.8. The average Bonchev–Trinajstić information content (AvgIpc) is 3.46. The van der Waals surface area contributed by atoms with E-state index in [9.17, 15) is 19.0 Å². The number of hydrogen-bond acceptors (Lipinski definition) is 8. The lowest BCUT2D eigenvalue weighted by molar-refractivity contribution is -0.870. The molecule has 0 saturated heterocycles. The van der Waals surface area contributed by atoms with Crippen molar-refractivity contribution in [3.8, 4) is 0 Å². The van der Waals surface area contributed by atoms with Crippen molar-refractivity contribution >= 4 is 19.8 Å². The summed E-state index contributed by atoms with van der Waals surface area (Å²) in [4.78, 5) is 37.9. The summed E-state index contributed by atoms with van der Waals surface area (Å²) in [6.07, 6.45) is 92.9. The second-order valence-corrected chi connectivity index (χ2v) is 23.1. The Morgan fingerprint density at radius 2 is 0.683 bits per heavy atom. The van der Waals surface area contributed by atoms with E-state index in [1.807, 2.05) is 33.3 Å². The molecule has 9 nitrogen and oxygen atoms in total. The van der Waals surface area contributed by atoms with Crippen LogP contribution in [0.25, 0.3) is 0 Å². The predicted octanol–water partition coefficient (Wildman–Crippen LogP) is 20.0. The van der Waals surface area contributed by atoms with Crippen molar-refractivity contribution in [1.82, 2.24) is 0 Å². The largest absolute Gasteiger partial charge is 0.756 e. The quantitative estimate of drug-likeness (QED) is 0.0195. The molecule has 0 bridgehead atoms. The first-order valence-electron chi connectivity index (χ1n) is 31.8. The molecule has 10 heteroatoms. The van der Waals surface area contributed by atoms with Crippen LogP contribution in [0.15, 0.2) is 170 Å². The molecule has 0 fully saturated rings. The van der Waals surface area contributed by atoms with Crippen LogP contribution in [0.5, 0.6) is 0 Å². The van der Waals surface area contributed by atoms with Gasteiger partial charge < -0.3 is 27.9 Å². The molecule has 2 unspecified atom stereocenters. The highest BCUT2D eigenvalue weighted by molar-refractivity contribution is 7.45. The highest BCUT2D eigenvalue weighted by atomic mass is 31.2. The number of phosphoric acid groups is 1. The molecule has 0 spiro atoms. The van der Waals surface area contributed by atoms with Gasteiger partial charge in [0.05, 0.1) is 27.7 Å². The molecular formula is C72H116NO8P. The van der Waals surface area contributed by atoms with Gasteiger partial charge in [0.2, 0.25) is 0 Å². The topological polar surface area (TPSA) is 111 Å². The molecule has 0 rings (SSSR count). The zero-order valence-electron chi connectivity index (χ0n) is 52.4. The number of rotatable bonds is 56. The van der Waals surface area contributed by atoms with E-state index in [4.69, 9.17) is 18.5 Å². The van der Waals surface area contributed by atoms with Crippen LogP contribution in [0.2, 0.25) is 0 Å². The van der Waals surface area contributed by atoms with Crippen LogP contribution in [0.1, 0.15) is 219 Å². The number of phosphoric ester groups is 1. The Kier molecular flexibility index (Phi) is 57.5. The van der Waals surface area contributed by atoms with Gasteiger partial charge in [-0.25, -0.2) is 0 Å². The van der Waals surface area contributed by atoms with E-state index in [1.54, 1.807) is 0 Å². The molecule has 0 aliphatic rings. The summed E-state index contributed by atoms with van der Waals surface area (Å²) in [6.45, 7) is 3.90. The van der Waals surface area contributed by atoms with Crippen LogP contribution < -0.4 is 4.89 Å². The first kappa shape index (κ1) is 77.4. The second-order valence-electron chi connectivity index (χ2n) is 21.7. The van der Waals surface area contributed by atoms with Gasteiger partial charge in [-0.2, -0.15) is 0 Å². The molecule has 0 saturated carbocycles. The van der Waals surface area contributed by atoms with Crippen LogP contribution >= 0.6 is 7.82 Å². The number of nitrogens with zero attached hydrogens (tertiary/aromatic N) is 1. The molecule has 0 aromatic heterocycles. The molecule has 2 atom stereocenters. The van der Waals surface area contributed by atoms with Crippen LogP contribution in [-0.4, -0.2) is 70.0 Å². The fraction of sp³-hybridized carbons (Fsp3) is 0.583. The summed E-state index contributed by atoms with van der Waals surface area (Å²) in [6, 6.07) is 0. The standard InChI is InChI=1S/C72H116NO8P/c1-6-8-10-12-14-16-18-20-22-24-26-27-28-29-30-31-32-33-34-35-36-37-38-39-40-41-42-43-44-45-47-49-51-53-55-57-59-61-63-65-72(75)81-70(69-80-82(76,77)79-67-66-73(3,4)5)68-78-71(74)64-62-60-58-56-54-52-50-48-46-25-23-21-19-17-15-13-11-9-7-2/h8-11,14-17,20-23,26-27,29-30,32-33,35-36,38-39,46,48,52,54,58,60,70H,6-7,12-13,18-19,24-25,28,31,34,37,40-45,47,49-51,53,55-57,59,61-69H2,1-5H3/b10-8-,11-9-,16-14-,17-15-,22-20-,23-21-,27-26-,30-29-,33-32-,36-35-,39-38-,48-46-,54-52-,60-58-. The molecule has 82 heavy (non-hydrogen) atoms. The summed E-state index contributed by atoms with van der Waals surface area (Å²) in [7, 11) is 1.11. The smallest absolute Gasteiger partial charge is 0.306 e. The van der Waals surface area contributed by atoms with Gasteiger partial charge in [-0.05, 0) is 116 Å². The minimum atomic E-state index is -4.67. The third-order valence-electron chi connectivity index (χ3n) is 12.7. The highest BCUT2D eigenvalue weighted by Gasteiger charge is 2.21. The molecule has 0 N–H and O–H groups in total. The number of unbranched alkanes of at least 4 members (excludes halogenated alkanes) is 14. The second kappa shape index (κ2) is 60.9. The summed E-state index contributed by atoms with van der Waals surface area (Å²) >= 11 is 0. The van der Waals surface area contributed by atoms with Gasteiger partial charge in [0.25, 0.3) is 7.82 Å². The van der Waals surface area contributed by atoms with Gasteiger partial charge in [0, 0.05) is 12.8 Å². The maximum Gasteiger partial charge on any atom is 0.306 e. The van der Waals surface area contributed by atoms with Gasteiger partial charge in [-0.1, -0.05) is 261 Å². The lowest BCUT2D eigenvalue weighted by atomic mass is 10.0. The molecule has 0 aliphatic carbocycles. The van der Waals surface area contributed by atoms with Gasteiger partial charge in [0.1, 0.15) is 19.8 Å². The summed E-state index contributed by atoms with van der Waals surface area (Å²) in [5.74, 6) is -0.942. The van der Waals surface area contributed by atoms with E-state index in [0.29, 0.717) is 23.9 Å². The molecule has 0 aliphatic heterocycles. The van der Waals surface area contributed by atoms with Gasteiger partial charge in [-0.15, -0.1) is 0 Å². The zero-order valence-corrected chi connectivity index (χ0v) is 53.3. The third kappa shape index (κ3) is 64.5. The van der Waals surface area contributed by atoms with Crippen molar-refractivity contribution in [2.75, 3.05) is 47.5 Å². The molecule has 0 aromatic carbocycles. The molecule has 0 heterocycles.